The van der Waals surface area contributed by atoms with Crippen molar-refractivity contribution in [3.05, 3.63) is 59.1 Å². The lowest BCUT2D eigenvalue weighted by Gasteiger charge is -2.43. The van der Waals surface area contributed by atoms with Crippen LogP contribution in [0.2, 0.25) is 5.02 Å². The van der Waals surface area contributed by atoms with Crippen molar-refractivity contribution in [3.8, 4) is 11.5 Å². The summed E-state index contributed by atoms with van der Waals surface area (Å²) in [4.78, 5) is 30.1. The molecule has 1 atom stereocenters. The molecule has 37 heavy (non-hydrogen) atoms. The predicted octanol–water partition coefficient (Wildman–Crippen LogP) is 5.94. The average Bonchev–Trinajstić information content (AvgIpc) is 2.88. The van der Waals surface area contributed by atoms with Crippen molar-refractivity contribution < 1.29 is 32.2 Å². The number of benzene rings is 2. The number of piperidine rings is 2. The molecule has 2 aromatic carbocycles. The summed E-state index contributed by atoms with van der Waals surface area (Å²) in [5, 5.41) is 0.587. The van der Waals surface area contributed by atoms with E-state index in [1.165, 1.54) is 12.1 Å². The molecule has 2 saturated heterocycles. The molecule has 0 radical (unpaired) electrons. The molecule has 2 aliphatic rings. The van der Waals surface area contributed by atoms with Crippen LogP contribution in [-0.2, 0) is 4.79 Å². The summed E-state index contributed by atoms with van der Waals surface area (Å²) >= 11 is 5.98. The Kier molecular flexibility index (Phi) is 8.52. The van der Waals surface area contributed by atoms with Gasteiger partial charge in [-0.1, -0.05) is 11.6 Å². The number of ether oxygens (including phenoxy) is 2. The average molecular weight is 539 g/mol. The van der Waals surface area contributed by atoms with Gasteiger partial charge in [0.05, 0.1) is 6.61 Å². The van der Waals surface area contributed by atoms with E-state index in [-0.39, 0.29) is 36.2 Å². The van der Waals surface area contributed by atoms with Gasteiger partial charge in [0.2, 0.25) is 5.91 Å². The van der Waals surface area contributed by atoms with Gasteiger partial charge in [-0.05, 0) is 80.6 Å². The van der Waals surface area contributed by atoms with Gasteiger partial charge in [0, 0.05) is 48.6 Å². The summed E-state index contributed by atoms with van der Waals surface area (Å²) in [6.07, 6.45) is -0.0761. The molecule has 2 fully saturated rings. The van der Waals surface area contributed by atoms with E-state index in [0.717, 1.165) is 44.5 Å². The Bertz CT molecular complexity index is 1070. The van der Waals surface area contributed by atoms with E-state index in [9.17, 15) is 22.8 Å². The van der Waals surface area contributed by atoms with Crippen molar-refractivity contribution >= 4 is 23.4 Å². The minimum Gasteiger partial charge on any atom is -0.493 e. The maximum absolute atomic E-state index is 13.3. The zero-order valence-electron chi connectivity index (χ0n) is 20.4. The van der Waals surface area contributed by atoms with Crippen molar-refractivity contribution in [3.63, 3.8) is 0 Å². The first-order valence-corrected chi connectivity index (χ1v) is 12.8. The van der Waals surface area contributed by atoms with Gasteiger partial charge >= 0.3 is 6.36 Å². The first-order valence-electron chi connectivity index (χ1n) is 12.4. The minimum absolute atomic E-state index is 0.0577. The first kappa shape index (κ1) is 27.1. The van der Waals surface area contributed by atoms with Gasteiger partial charge in [0.1, 0.15) is 11.5 Å². The lowest BCUT2D eigenvalue weighted by atomic mass is 9.77. The third kappa shape index (κ3) is 7.53. The first-order chi connectivity index (χ1) is 17.6. The third-order valence-corrected chi connectivity index (χ3v) is 7.13. The number of carbonyl (C=O) groups is 2. The monoisotopic (exact) mass is 538 g/mol. The SMILES string of the molecule is O=C(C[C@]1(COc2ccc(Cl)cc2)CCCN(C(=O)c2ccc(OC(F)(F)F)cc2)C1)N1CCCCC1. The number of rotatable bonds is 7. The van der Waals surface area contributed by atoms with Gasteiger partial charge in [-0.15, -0.1) is 13.2 Å². The summed E-state index contributed by atoms with van der Waals surface area (Å²) in [7, 11) is 0. The number of hydrogen-bond donors (Lipinski definition) is 0. The van der Waals surface area contributed by atoms with Crippen LogP contribution in [0.15, 0.2) is 48.5 Å². The molecular formula is C27H30ClF3N2O4. The number of amides is 2. The second-order valence-corrected chi connectivity index (χ2v) is 10.2. The molecule has 0 bridgehead atoms. The van der Waals surface area contributed by atoms with E-state index < -0.39 is 11.8 Å². The molecule has 6 nitrogen and oxygen atoms in total. The Morgan fingerprint density at radius 1 is 0.865 bits per heavy atom. The van der Waals surface area contributed by atoms with Gasteiger partial charge in [-0.2, -0.15) is 0 Å². The van der Waals surface area contributed by atoms with E-state index in [0.29, 0.717) is 36.7 Å². The topological polar surface area (TPSA) is 59.1 Å². The largest absolute Gasteiger partial charge is 0.573 e. The standard InChI is InChI=1S/C27H30ClF3N2O4/c28-21-7-11-22(12-8-21)36-19-26(17-24(34)32-14-2-1-3-15-32)13-4-16-33(18-26)25(35)20-5-9-23(10-6-20)37-27(29,30)31/h5-12H,1-4,13-19H2/t26-/m1/s1. The van der Waals surface area contributed by atoms with Gasteiger partial charge in [0.25, 0.3) is 5.91 Å². The fourth-order valence-corrected chi connectivity index (χ4v) is 5.15. The number of halogens is 4. The number of carbonyl (C=O) groups excluding carboxylic acids is 2. The van der Waals surface area contributed by atoms with Crippen molar-refractivity contribution in [2.24, 2.45) is 5.41 Å². The van der Waals surface area contributed by atoms with E-state index in [2.05, 4.69) is 4.74 Å². The van der Waals surface area contributed by atoms with Crippen LogP contribution in [0.25, 0.3) is 0 Å². The molecule has 0 spiro atoms. The van der Waals surface area contributed by atoms with E-state index >= 15 is 0 Å². The molecule has 2 heterocycles. The Balaban J connectivity index is 1.50. The molecule has 2 amide bonds. The van der Waals surface area contributed by atoms with Crippen LogP contribution in [0.4, 0.5) is 13.2 Å². The molecule has 10 heteroatoms. The summed E-state index contributed by atoms with van der Waals surface area (Å²) < 4.78 is 47.5. The molecule has 2 aromatic rings. The van der Waals surface area contributed by atoms with Crippen molar-refractivity contribution in [2.75, 3.05) is 32.8 Å². The van der Waals surface area contributed by atoms with E-state index in [1.807, 2.05) is 4.90 Å². The van der Waals surface area contributed by atoms with Crippen molar-refractivity contribution in [1.29, 1.82) is 0 Å². The normalized spacial score (nSPS) is 20.4. The maximum Gasteiger partial charge on any atom is 0.573 e. The summed E-state index contributed by atoms with van der Waals surface area (Å²) in [5.74, 6) is -0.0136. The Morgan fingerprint density at radius 3 is 2.14 bits per heavy atom. The fraction of sp³-hybridized carbons (Fsp3) is 0.481. The van der Waals surface area contributed by atoms with Crippen LogP contribution in [0.5, 0.6) is 11.5 Å². The molecule has 0 aliphatic carbocycles. The predicted molar refractivity (Wildman–Crippen MR) is 133 cm³/mol. The third-order valence-electron chi connectivity index (χ3n) is 6.88. The zero-order valence-corrected chi connectivity index (χ0v) is 21.2. The molecule has 0 N–H and O–H groups in total. The number of likely N-dealkylation sites (tertiary alicyclic amines) is 2. The molecule has 2 aliphatic heterocycles. The van der Waals surface area contributed by atoms with Crippen LogP contribution in [0, 0.1) is 5.41 Å². The number of alkyl halides is 3. The second kappa shape index (κ2) is 11.6. The molecule has 0 saturated carbocycles. The zero-order chi connectivity index (χ0) is 26.5. The quantitative estimate of drug-likeness (QED) is 0.437. The van der Waals surface area contributed by atoms with Crippen LogP contribution in [0.3, 0.4) is 0 Å². The maximum atomic E-state index is 13.3. The van der Waals surface area contributed by atoms with Gasteiger partial charge in [0.15, 0.2) is 0 Å². The van der Waals surface area contributed by atoms with Crippen LogP contribution in [0.1, 0.15) is 48.9 Å². The van der Waals surface area contributed by atoms with Crippen LogP contribution < -0.4 is 9.47 Å². The van der Waals surface area contributed by atoms with E-state index in [1.54, 1.807) is 29.2 Å². The van der Waals surface area contributed by atoms with Crippen LogP contribution >= 0.6 is 11.6 Å². The fourth-order valence-electron chi connectivity index (χ4n) is 5.02. The second-order valence-electron chi connectivity index (χ2n) is 9.76. The number of nitrogens with zero attached hydrogens (tertiary/aromatic N) is 2. The van der Waals surface area contributed by atoms with E-state index in [4.69, 9.17) is 16.3 Å². The highest BCUT2D eigenvalue weighted by molar-refractivity contribution is 6.30. The highest BCUT2D eigenvalue weighted by atomic mass is 35.5. The van der Waals surface area contributed by atoms with Gasteiger partial charge in [-0.3, -0.25) is 9.59 Å². The lowest BCUT2D eigenvalue weighted by Crippen LogP contribution is -2.51. The number of hydrogen-bond acceptors (Lipinski definition) is 4. The molecule has 0 unspecified atom stereocenters. The van der Waals surface area contributed by atoms with Crippen LogP contribution in [-0.4, -0.2) is 60.8 Å². The summed E-state index contributed by atoms with van der Waals surface area (Å²) in [6, 6.07) is 11.9. The molecule has 4 rings (SSSR count). The molecule has 0 aromatic heterocycles. The lowest BCUT2D eigenvalue weighted by molar-refractivity contribution is -0.274. The summed E-state index contributed by atoms with van der Waals surface area (Å²) in [5.41, 5.74) is -0.340. The Morgan fingerprint density at radius 2 is 1.49 bits per heavy atom. The van der Waals surface area contributed by atoms with Gasteiger partial charge in [-0.25, -0.2) is 0 Å². The molecular weight excluding hydrogens is 509 g/mol. The Hall–Kier alpha value is -2.94. The van der Waals surface area contributed by atoms with Crippen molar-refractivity contribution in [2.45, 2.75) is 44.9 Å². The minimum atomic E-state index is -4.80. The summed E-state index contributed by atoms with van der Waals surface area (Å²) in [6.45, 7) is 2.51. The highest BCUT2D eigenvalue weighted by Gasteiger charge is 2.41. The highest BCUT2D eigenvalue weighted by Crippen LogP contribution is 2.36. The molecule has 200 valence electrons. The van der Waals surface area contributed by atoms with Gasteiger partial charge < -0.3 is 19.3 Å². The van der Waals surface area contributed by atoms with Crippen molar-refractivity contribution in [1.82, 2.24) is 9.80 Å². The smallest absolute Gasteiger partial charge is 0.493 e. The Labute approximate surface area is 219 Å².